The number of nitrogens with one attached hydrogen (secondary N) is 2. The number of nitrogens with two attached hydrogens (primary N) is 1. The summed E-state index contributed by atoms with van der Waals surface area (Å²) in [6.07, 6.45) is 2.87. The van der Waals surface area contributed by atoms with Crippen molar-refractivity contribution in [2.75, 3.05) is 17.2 Å². The Morgan fingerprint density at radius 1 is 1.08 bits per heavy atom. The summed E-state index contributed by atoms with van der Waals surface area (Å²) in [5, 5.41) is 9.49. The van der Waals surface area contributed by atoms with Crippen molar-refractivity contribution >= 4 is 48.0 Å². The molecule has 0 radical (unpaired) electrons. The van der Waals surface area contributed by atoms with Crippen LogP contribution in [0.15, 0.2) is 36.9 Å². The molecule has 0 fully saturated rings. The minimum absolute atomic E-state index is 0. The standard InChI is InChI=1S/C15H20N6O2.2ClH/c1-10(7-16)14(22)19-12-3-5-13(6-4-12)20-15(23)11(2)21-9-17-8-18-21;;/h3-6,8-11H,7,16H2,1-2H3,(H,19,22)(H,20,23);2*1H. The van der Waals surface area contributed by atoms with Crippen molar-refractivity contribution < 1.29 is 9.59 Å². The fourth-order valence-corrected chi connectivity index (χ4v) is 1.79. The van der Waals surface area contributed by atoms with E-state index < -0.39 is 6.04 Å². The van der Waals surface area contributed by atoms with Gasteiger partial charge in [0, 0.05) is 23.8 Å². The van der Waals surface area contributed by atoms with E-state index in [1.807, 2.05) is 0 Å². The van der Waals surface area contributed by atoms with E-state index in [2.05, 4.69) is 20.7 Å². The fraction of sp³-hybridized carbons (Fsp3) is 0.333. The van der Waals surface area contributed by atoms with Gasteiger partial charge < -0.3 is 16.4 Å². The predicted molar refractivity (Wildman–Crippen MR) is 101 cm³/mol. The molecule has 0 saturated carbocycles. The van der Waals surface area contributed by atoms with Crippen LogP contribution in [0.4, 0.5) is 11.4 Å². The molecule has 10 heteroatoms. The molecule has 2 rings (SSSR count). The number of benzene rings is 1. The molecule has 8 nitrogen and oxygen atoms in total. The number of anilines is 2. The van der Waals surface area contributed by atoms with Gasteiger partial charge in [0.2, 0.25) is 11.8 Å². The minimum Gasteiger partial charge on any atom is -0.330 e. The summed E-state index contributed by atoms with van der Waals surface area (Å²) >= 11 is 0. The van der Waals surface area contributed by atoms with Gasteiger partial charge in [0.15, 0.2) is 0 Å². The summed E-state index contributed by atoms with van der Waals surface area (Å²) in [5.41, 5.74) is 6.74. The molecule has 2 aromatic rings. The molecular formula is C15H22Cl2N6O2. The number of halogens is 2. The van der Waals surface area contributed by atoms with Crippen LogP contribution in [0.5, 0.6) is 0 Å². The molecule has 0 aliphatic carbocycles. The van der Waals surface area contributed by atoms with Gasteiger partial charge in [0.1, 0.15) is 18.7 Å². The van der Waals surface area contributed by atoms with Gasteiger partial charge in [-0.15, -0.1) is 24.8 Å². The molecule has 0 spiro atoms. The molecule has 25 heavy (non-hydrogen) atoms. The molecule has 0 aliphatic rings. The van der Waals surface area contributed by atoms with Crippen LogP contribution in [0.3, 0.4) is 0 Å². The van der Waals surface area contributed by atoms with Crippen LogP contribution in [-0.4, -0.2) is 33.1 Å². The third kappa shape index (κ3) is 6.33. The van der Waals surface area contributed by atoms with E-state index in [1.54, 1.807) is 38.1 Å². The summed E-state index contributed by atoms with van der Waals surface area (Å²) in [4.78, 5) is 27.7. The van der Waals surface area contributed by atoms with E-state index in [0.717, 1.165) is 0 Å². The number of amides is 2. The monoisotopic (exact) mass is 388 g/mol. The van der Waals surface area contributed by atoms with Crippen molar-refractivity contribution in [1.29, 1.82) is 0 Å². The lowest BCUT2D eigenvalue weighted by atomic mass is 10.1. The molecular weight excluding hydrogens is 367 g/mol. The van der Waals surface area contributed by atoms with Crippen LogP contribution in [0.1, 0.15) is 19.9 Å². The second kappa shape index (κ2) is 10.7. The molecule has 1 aromatic heterocycles. The Morgan fingerprint density at radius 3 is 2.04 bits per heavy atom. The highest BCUT2D eigenvalue weighted by molar-refractivity contribution is 5.95. The first-order chi connectivity index (χ1) is 11.0. The summed E-state index contributed by atoms with van der Waals surface area (Å²) < 4.78 is 1.47. The Morgan fingerprint density at radius 2 is 1.60 bits per heavy atom. The minimum atomic E-state index is -0.470. The largest absolute Gasteiger partial charge is 0.330 e. The molecule has 2 atom stereocenters. The van der Waals surface area contributed by atoms with Gasteiger partial charge in [0.05, 0.1) is 0 Å². The highest BCUT2D eigenvalue weighted by atomic mass is 35.5. The predicted octanol–water partition coefficient (Wildman–Crippen LogP) is 1.85. The summed E-state index contributed by atoms with van der Waals surface area (Å²) in [6, 6.07) is 6.40. The fourth-order valence-electron chi connectivity index (χ4n) is 1.79. The van der Waals surface area contributed by atoms with Gasteiger partial charge in [0.25, 0.3) is 0 Å². The zero-order chi connectivity index (χ0) is 16.8. The lowest BCUT2D eigenvalue weighted by Gasteiger charge is -2.13. The molecule has 138 valence electrons. The SMILES string of the molecule is CC(CN)C(=O)Nc1ccc(NC(=O)C(C)n2cncn2)cc1.Cl.Cl. The van der Waals surface area contributed by atoms with Crippen molar-refractivity contribution in [3.63, 3.8) is 0 Å². The number of carbonyl (C=O) groups is 2. The second-order valence-corrected chi connectivity index (χ2v) is 5.24. The Bertz CT molecular complexity index is 663. The third-order valence-electron chi connectivity index (χ3n) is 3.43. The topological polar surface area (TPSA) is 115 Å². The van der Waals surface area contributed by atoms with Crippen molar-refractivity contribution in [1.82, 2.24) is 14.8 Å². The maximum Gasteiger partial charge on any atom is 0.249 e. The highest BCUT2D eigenvalue weighted by Gasteiger charge is 2.15. The average molecular weight is 389 g/mol. The van der Waals surface area contributed by atoms with Gasteiger partial charge in [-0.05, 0) is 31.2 Å². The number of aromatic nitrogens is 3. The smallest absolute Gasteiger partial charge is 0.249 e. The summed E-state index contributed by atoms with van der Waals surface area (Å²) in [6.45, 7) is 3.78. The van der Waals surface area contributed by atoms with Crippen molar-refractivity contribution in [2.45, 2.75) is 19.9 Å². The van der Waals surface area contributed by atoms with Gasteiger partial charge in [-0.3, -0.25) is 9.59 Å². The quantitative estimate of drug-likeness (QED) is 0.698. The molecule has 1 aromatic carbocycles. The van der Waals surface area contributed by atoms with Crippen LogP contribution in [0, 0.1) is 5.92 Å². The lowest BCUT2D eigenvalue weighted by molar-refractivity contribution is -0.119. The van der Waals surface area contributed by atoms with Crippen LogP contribution in [0.25, 0.3) is 0 Å². The van der Waals surface area contributed by atoms with Gasteiger partial charge in [-0.2, -0.15) is 5.10 Å². The Labute approximate surface area is 158 Å². The molecule has 4 N–H and O–H groups in total. The van der Waals surface area contributed by atoms with Gasteiger partial charge in [-0.1, -0.05) is 6.92 Å². The van der Waals surface area contributed by atoms with E-state index in [9.17, 15) is 9.59 Å². The first-order valence-electron chi connectivity index (χ1n) is 7.27. The molecule has 1 heterocycles. The maximum absolute atomic E-state index is 12.1. The number of rotatable bonds is 6. The van der Waals surface area contributed by atoms with E-state index in [0.29, 0.717) is 17.9 Å². The number of carbonyl (C=O) groups excluding carboxylic acids is 2. The molecule has 0 aliphatic heterocycles. The zero-order valence-electron chi connectivity index (χ0n) is 13.9. The van der Waals surface area contributed by atoms with Crippen LogP contribution in [-0.2, 0) is 9.59 Å². The molecule has 2 unspecified atom stereocenters. The molecule has 0 bridgehead atoms. The van der Waals surface area contributed by atoms with Crippen molar-refractivity contribution in [3.05, 3.63) is 36.9 Å². The number of hydrogen-bond donors (Lipinski definition) is 3. The van der Waals surface area contributed by atoms with E-state index in [1.165, 1.54) is 17.3 Å². The van der Waals surface area contributed by atoms with Gasteiger partial charge >= 0.3 is 0 Å². The molecule has 0 saturated heterocycles. The first kappa shape index (κ1) is 22.8. The Kier molecular flexibility index (Phi) is 9.73. The highest BCUT2D eigenvalue weighted by Crippen LogP contribution is 2.16. The van der Waals surface area contributed by atoms with Crippen LogP contribution >= 0.6 is 24.8 Å². The summed E-state index contributed by atoms with van der Waals surface area (Å²) in [5.74, 6) is -0.592. The third-order valence-corrected chi connectivity index (χ3v) is 3.43. The lowest BCUT2D eigenvalue weighted by Crippen LogP contribution is -2.26. The van der Waals surface area contributed by atoms with Gasteiger partial charge in [-0.25, -0.2) is 9.67 Å². The Balaban J connectivity index is 0.00000288. The average Bonchev–Trinajstić information content (AvgIpc) is 3.09. The van der Waals surface area contributed by atoms with E-state index in [4.69, 9.17) is 5.73 Å². The normalized spacial score (nSPS) is 12.1. The van der Waals surface area contributed by atoms with Crippen molar-refractivity contribution in [3.8, 4) is 0 Å². The van der Waals surface area contributed by atoms with E-state index in [-0.39, 0.29) is 42.5 Å². The summed E-state index contributed by atoms with van der Waals surface area (Å²) in [7, 11) is 0. The maximum atomic E-state index is 12.1. The first-order valence-corrected chi connectivity index (χ1v) is 7.27. The van der Waals surface area contributed by atoms with Crippen molar-refractivity contribution in [2.24, 2.45) is 11.7 Å². The Hall–Kier alpha value is -2.16. The van der Waals surface area contributed by atoms with E-state index >= 15 is 0 Å². The second-order valence-electron chi connectivity index (χ2n) is 5.24. The zero-order valence-corrected chi connectivity index (χ0v) is 15.5. The van der Waals surface area contributed by atoms with Crippen LogP contribution in [0.2, 0.25) is 0 Å². The van der Waals surface area contributed by atoms with Crippen LogP contribution < -0.4 is 16.4 Å². The molecule has 2 amide bonds. The number of hydrogen-bond acceptors (Lipinski definition) is 5. The number of nitrogens with zero attached hydrogens (tertiary/aromatic N) is 3.